The van der Waals surface area contributed by atoms with Gasteiger partial charge in [-0.15, -0.1) is 0 Å². The Balaban J connectivity index is 1.83. The third kappa shape index (κ3) is 3.04. The highest BCUT2D eigenvalue weighted by Crippen LogP contribution is 2.31. The van der Waals surface area contributed by atoms with Gasteiger partial charge >= 0.3 is 5.97 Å². The molecule has 0 amide bonds. The SMILES string of the molecule is O=C(O)c1ccc(-c2nccn2CC2(O)CCCCC2)cc1. The predicted molar refractivity (Wildman–Crippen MR) is 82.7 cm³/mol. The summed E-state index contributed by atoms with van der Waals surface area (Å²) in [6, 6.07) is 6.67. The zero-order chi connectivity index (χ0) is 15.6. The van der Waals surface area contributed by atoms with E-state index in [-0.39, 0.29) is 5.56 Å². The van der Waals surface area contributed by atoms with Gasteiger partial charge in [-0.25, -0.2) is 9.78 Å². The third-order valence-electron chi connectivity index (χ3n) is 4.35. The molecule has 0 radical (unpaired) electrons. The number of benzene rings is 1. The first-order valence-electron chi connectivity index (χ1n) is 7.65. The number of nitrogens with zero attached hydrogens (tertiary/aromatic N) is 2. The van der Waals surface area contributed by atoms with Gasteiger partial charge in [0.1, 0.15) is 5.82 Å². The lowest BCUT2D eigenvalue weighted by molar-refractivity contribution is -0.0111. The molecular formula is C17H20N2O3. The number of aromatic carboxylic acids is 1. The van der Waals surface area contributed by atoms with E-state index in [1.54, 1.807) is 30.5 Å². The number of carbonyl (C=O) groups is 1. The minimum absolute atomic E-state index is 0.257. The lowest BCUT2D eigenvalue weighted by Gasteiger charge is -2.32. The average Bonchev–Trinajstić information content (AvgIpc) is 2.95. The largest absolute Gasteiger partial charge is 0.478 e. The van der Waals surface area contributed by atoms with Gasteiger partial charge in [0.25, 0.3) is 0 Å². The molecule has 0 atom stereocenters. The maximum Gasteiger partial charge on any atom is 0.335 e. The first-order chi connectivity index (χ1) is 10.6. The summed E-state index contributed by atoms with van der Waals surface area (Å²) in [6.45, 7) is 0.531. The molecule has 1 heterocycles. The smallest absolute Gasteiger partial charge is 0.335 e. The highest BCUT2D eigenvalue weighted by atomic mass is 16.4. The summed E-state index contributed by atoms with van der Waals surface area (Å²) in [5.74, 6) is -0.178. The van der Waals surface area contributed by atoms with E-state index in [0.29, 0.717) is 6.54 Å². The van der Waals surface area contributed by atoms with Crippen LogP contribution in [-0.4, -0.2) is 31.3 Å². The topological polar surface area (TPSA) is 75.3 Å². The van der Waals surface area contributed by atoms with Gasteiger partial charge in [-0.2, -0.15) is 0 Å². The van der Waals surface area contributed by atoms with Gasteiger partial charge in [0, 0.05) is 18.0 Å². The second-order valence-corrected chi connectivity index (χ2v) is 6.05. The summed E-state index contributed by atoms with van der Waals surface area (Å²) in [5.41, 5.74) is 0.455. The van der Waals surface area contributed by atoms with Gasteiger partial charge in [0.05, 0.1) is 17.7 Å². The van der Waals surface area contributed by atoms with Crippen molar-refractivity contribution in [1.29, 1.82) is 0 Å². The predicted octanol–water partition coefficient (Wildman–Crippen LogP) is 2.94. The van der Waals surface area contributed by atoms with E-state index in [4.69, 9.17) is 5.11 Å². The molecule has 0 spiro atoms. The van der Waals surface area contributed by atoms with Crippen molar-refractivity contribution in [2.24, 2.45) is 0 Å². The molecule has 1 fully saturated rings. The Kier molecular flexibility index (Phi) is 3.98. The fourth-order valence-corrected chi connectivity index (χ4v) is 3.14. The molecule has 1 aliphatic carbocycles. The minimum Gasteiger partial charge on any atom is -0.478 e. The highest BCUT2D eigenvalue weighted by Gasteiger charge is 2.30. The lowest BCUT2D eigenvalue weighted by atomic mass is 9.85. The summed E-state index contributed by atoms with van der Waals surface area (Å²) in [7, 11) is 0. The van der Waals surface area contributed by atoms with Crippen LogP contribution in [0.15, 0.2) is 36.7 Å². The molecule has 0 saturated heterocycles. The maximum atomic E-state index is 10.9. The Hall–Kier alpha value is -2.14. The fourth-order valence-electron chi connectivity index (χ4n) is 3.14. The number of aromatic nitrogens is 2. The van der Waals surface area contributed by atoms with Crippen LogP contribution in [0.25, 0.3) is 11.4 Å². The monoisotopic (exact) mass is 300 g/mol. The van der Waals surface area contributed by atoms with Crippen molar-refractivity contribution in [3.8, 4) is 11.4 Å². The summed E-state index contributed by atoms with van der Waals surface area (Å²) in [6.07, 6.45) is 8.54. The molecular weight excluding hydrogens is 280 g/mol. The van der Waals surface area contributed by atoms with Gasteiger partial charge in [-0.1, -0.05) is 31.4 Å². The molecule has 0 unspecified atom stereocenters. The summed E-state index contributed by atoms with van der Waals surface area (Å²) >= 11 is 0. The Morgan fingerprint density at radius 2 is 1.86 bits per heavy atom. The number of imidazole rings is 1. The zero-order valence-corrected chi connectivity index (χ0v) is 12.4. The Labute approximate surface area is 129 Å². The summed E-state index contributed by atoms with van der Waals surface area (Å²) in [4.78, 5) is 15.3. The number of carboxylic acid groups (broad SMARTS) is 1. The number of rotatable bonds is 4. The van der Waals surface area contributed by atoms with E-state index in [1.807, 2.05) is 10.8 Å². The van der Waals surface area contributed by atoms with Crippen LogP contribution in [0.2, 0.25) is 0 Å². The van der Waals surface area contributed by atoms with Crippen LogP contribution in [-0.2, 0) is 6.54 Å². The second-order valence-electron chi connectivity index (χ2n) is 6.05. The van der Waals surface area contributed by atoms with Crippen molar-refractivity contribution in [3.05, 3.63) is 42.2 Å². The van der Waals surface area contributed by atoms with Gasteiger partial charge in [0.15, 0.2) is 0 Å². The van der Waals surface area contributed by atoms with Crippen molar-refractivity contribution in [3.63, 3.8) is 0 Å². The molecule has 2 aromatic rings. The van der Waals surface area contributed by atoms with Crippen molar-refractivity contribution >= 4 is 5.97 Å². The van der Waals surface area contributed by atoms with Crippen LogP contribution >= 0.6 is 0 Å². The molecule has 1 saturated carbocycles. The van der Waals surface area contributed by atoms with Gasteiger partial charge < -0.3 is 14.8 Å². The van der Waals surface area contributed by atoms with Gasteiger partial charge in [-0.3, -0.25) is 0 Å². The minimum atomic E-state index is -0.939. The van der Waals surface area contributed by atoms with Crippen LogP contribution in [0, 0.1) is 0 Å². The zero-order valence-electron chi connectivity index (χ0n) is 12.4. The molecule has 3 rings (SSSR count). The first-order valence-corrected chi connectivity index (χ1v) is 7.65. The van der Waals surface area contributed by atoms with Crippen LogP contribution in [0.4, 0.5) is 0 Å². The molecule has 1 aliphatic rings. The average molecular weight is 300 g/mol. The second kappa shape index (κ2) is 5.93. The van der Waals surface area contributed by atoms with Crippen molar-refractivity contribution in [2.45, 2.75) is 44.2 Å². The lowest BCUT2D eigenvalue weighted by Crippen LogP contribution is -2.36. The van der Waals surface area contributed by atoms with Crippen LogP contribution in [0.5, 0.6) is 0 Å². The molecule has 0 aliphatic heterocycles. The fraction of sp³-hybridized carbons (Fsp3) is 0.412. The third-order valence-corrected chi connectivity index (χ3v) is 4.35. The summed E-state index contributed by atoms with van der Waals surface area (Å²) in [5, 5.41) is 19.7. The molecule has 1 aromatic heterocycles. The maximum absolute atomic E-state index is 10.9. The normalized spacial score (nSPS) is 17.3. The van der Waals surface area contributed by atoms with Crippen LogP contribution < -0.4 is 0 Å². The van der Waals surface area contributed by atoms with Crippen molar-refractivity contribution in [1.82, 2.24) is 9.55 Å². The van der Waals surface area contributed by atoms with E-state index in [9.17, 15) is 9.90 Å². The quantitative estimate of drug-likeness (QED) is 0.910. The Morgan fingerprint density at radius 3 is 2.50 bits per heavy atom. The van der Waals surface area contributed by atoms with E-state index in [2.05, 4.69) is 4.98 Å². The van der Waals surface area contributed by atoms with E-state index >= 15 is 0 Å². The highest BCUT2D eigenvalue weighted by molar-refractivity contribution is 5.88. The van der Waals surface area contributed by atoms with Crippen molar-refractivity contribution < 1.29 is 15.0 Å². The molecule has 2 N–H and O–H groups in total. The molecule has 1 aromatic carbocycles. The number of aliphatic hydroxyl groups is 1. The first kappa shape index (κ1) is 14.8. The van der Waals surface area contributed by atoms with Gasteiger partial charge in [-0.05, 0) is 25.0 Å². The molecule has 116 valence electrons. The number of carboxylic acids is 1. The van der Waals surface area contributed by atoms with Crippen LogP contribution in [0.1, 0.15) is 42.5 Å². The Bertz CT molecular complexity index is 655. The molecule has 5 heteroatoms. The van der Waals surface area contributed by atoms with E-state index in [1.165, 1.54) is 6.42 Å². The van der Waals surface area contributed by atoms with Crippen molar-refractivity contribution in [2.75, 3.05) is 0 Å². The standard InChI is InChI=1S/C17H20N2O3/c20-16(21)14-6-4-13(5-7-14)15-18-10-11-19(15)12-17(22)8-2-1-3-9-17/h4-7,10-11,22H,1-3,8-9,12H2,(H,20,21). The molecule has 5 nitrogen and oxygen atoms in total. The Morgan fingerprint density at radius 1 is 1.18 bits per heavy atom. The van der Waals surface area contributed by atoms with E-state index < -0.39 is 11.6 Å². The van der Waals surface area contributed by atoms with E-state index in [0.717, 1.165) is 37.1 Å². The number of hydrogen-bond acceptors (Lipinski definition) is 3. The molecule has 22 heavy (non-hydrogen) atoms. The molecule has 0 bridgehead atoms. The van der Waals surface area contributed by atoms with Crippen LogP contribution in [0.3, 0.4) is 0 Å². The van der Waals surface area contributed by atoms with Gasteiger partial charge in [0.2, 0.25) is 0 Å². The summed E-state index contributed by atoms with van der Waals surface area (Å²) < 4.78 is 1.96. The number of hydrogen-bond donors (Lipinski definition) is 2.